The van der Waals surface area contributed by atoms with Gasteiger partial charge in [0.2, 0.25) is 5.75 Å². The second-order valence-corrected chi connectivity index (χ2v) is 4.08. The molecule has 21 heavy (non-hydrogen) atoms. The van der Waals surface area contributed by atoms with Gasteiger partial charge in [0.25, 0.3) is 0 Å². The molecule has 0 bridgehead atoms. The SMILES string of the molecule is CCOc1ccccc1Oc1ccc(C=O)cc1[N+](=O)[O-]. The Morgan fingerprint density at radius 2 is 1.86 bits per heavy atom. The summed E-state index contributed by atoms with van der Waals surface area (Å²) in [6, 6.07) is 10.9. The van der Waals surface area contributed by atoms with Crippen LogP contribution in [0.1, 0.15) is 17.3 Å². The van der Waals surface area contributed by atoms with Crippen molar-refractivity contribution in [3.8, 4) is 17.2 Å². The minimum Gasteiger partial charge on any atom is -0.490 e. The average Bonchev–Trinajstić information content (AvgIpc) is 2.49. The van der Waals surface area contributed by atoms with Gasteiger partial charge in [-0.1, -0.05) is 12.1 Å². The number of nitro benzene ring substituents is 1. The Kier molecular flexibility index (Phi) is 4.50. The van der Waals surface area contributed by atoms with Crippen molar-refractivity contribution in [1.29, 1.82) is 0 Å². The third-order valence-corrected chi connectivity index (χ3v) is 2.68. The molecule has 0 radical (unpaired) electrons. The number of hydrogen-bond acceptors (Lipinski definition) is 5. The van der Waals surface area contributed by atoms with Gasteiger partial charge in [0.05, 0.1) is 11.5 Å². The molecule has 0 unspecified atom stereocenters. The number of nitrogens with zero attached hydrogens (tertiary/aromatic N) is 1. The van der Waals surface area contributed by atoms with Crippen molar-refractivity contribution >= 4 is 12.0 Å². The summed E-state index contributed by atoms with van der Waals surface area (Å²) in [5.74, 6) is 0.924. The largest absolute Gasteiger partial charge is 0.490 e. The molecule has 0 heterocycles. The third kappa shape index (κ3) is 3.36. The molecule has 108 valence electrons. The molecule has 0 aliphatic heterocycles. The highest BCUT2D eigenvalue weighted by atomic mass is 16.6. The van der Waals surface area contributed by atoms with Gasteiger partial charge in [-0.05, 0) is 31.2 Å². The highest BCUT2D eigenvalue weighted by Gasteiger charge is 2.18. The fourth-order valence-corrected chi connectivity index (χ4v) is 1.76. The monoisotopic (exact) mass is 287 g/mol. The van der Waals surface area contributed by atoms with E-state index < -0.39 is 4.92 Å². The van der Waals surface area contributed by atoms with E-state index in [1.807, 2.05) is 6.92 Å². The molecule has 0 aromatic heterocycles. The van der Waals surface area contributed by atoms with Gasteiger partial charge in [0, 0.05) is 11.6 Å². The van der Waals surface area contributed by atoms with Crippen LogP contribution in [0.25, 0.3) is 0 Å². The van der Waals surface area contributed by atoms with Crippen molar-refractivity contribution in [2.75, 3.05) is 6.61 Å². The molecule has 2 aromatic rings. The lowest BCUT2D eigenvalue weighted by molar-refractivity contribution is -0.385. The van der Waals surface area contributed by atoms with E-state index in [9.17, 15) is 14.9 Å². The van der Waals surface area contributed by atoms with E-state index in [2.05, 4.69) is 0 Å². The van der Waals surface area contributed by atoms with Crippen LogP contribution in [0.3, 0.4) is 0 Å². The number of rotatable bonds is 6. The Hall–Kier alpha value is -2.89. The lowest BCUT2D eigenvalue weighted by Crippen LogP contribution is -1.98. The minimum absolute atomic E-state index is 0.0535. The normalized spacial score (nSPS) is 9.95. The summed E-state index contributed by atoms with van der Waals surface area (Å²) in [5, 5.41) is 11.1. The highest BCUT2D eigenvalue weighted by molar-refractivity contribution is 5.77. The van der Waals surface area contributed by atoms with Gasteiger partial charge in [-0.2, -0.15) is 0 Å². The second-order valence-electron chi connectivity index (χ2n) is 4.08. The maximum absolute atomic E-state index is 11.1. The minimum atomic E-state index is -0.592. The Bertz CT molecular complexity index is 669. The van der Waals surface area contributed by atoms with E-state index in [4.69, 9.17) is 9.47 Å². The standard InChI is InChI=1S/C15H13NO5/c1-2-20-14-5-3-4-6-15(14)21-13-8-7-11(10-17)9-12(13)16(18)19/h3-10H,2H2,1H3. The van der Waals surface area contributed by atoms with Crippen molar-refractivity contribution in [1.82, 2.24) is 0 Å². The van der Waals surface area contributed by atoms with Crippen LogP contribution in [0.15, 0.2) is 42.5 Å². The molecule has 0 amide bonds. The van der Waals surface area contributed by atoms with Crippen LogP contribution in [0, 0.1) is 10.1 Å². The quantitative estimate of drug-likeness (QED) is 0.461. The molecule has 0 fully saturated rings. The van der Waals surface area contributed by atoms with E-state index in [0.717, 1.165) is 0 Å². The Morgan fingerprint density at radius 1 is 1.14 bits per heavy atom. The smallest absolute Gasteiger partial charge is 0.312 e. The predicted octanol–water partition coefficient (Wildman–Crippen LogP) is 3.60. The Labute approximate surface area is 121 Å². The van der Waals surface area contributed by atoms with Gasteiger partial charge in [-0.15, -0.1) is 0 Å². The summed E-state index contributed by atoms with van der Waals surface area (Å²) in [7, 11) is 0. The van der Waals surface area contributed by atoms with Crippen LogP contribution >= 0.6 is 0 Å². The molecular formula is C15H13NO5. The number of aldehydes is 1. The van der Waals surface area contributed by atoms with Crippen molar-refractivity contribution in [3.63, 3.8) is 0 Å². The first-order valence-corrected chi connectivity index (χ1v) is 6.29. The van der Waals surface area contributed by atoms with Crippen LogP contribution < -0.4 is 9.47 Å². The van der Waals surface area contributed by atoms with Crippen molar-refractivity contribution in [3.05, 3.63) is 58.1 Å². The number of carbonyl (C=O) groups excluding carboxylic acids is 1. The number of para-hydroxylation sites is 2. The number of hydrogen-bond donors (Lipinski definition) is 0. The molecule has 0 saturated heterocycles. The molecule has 0 saturated carbocycles. The second kappa shape index (κ2) is 6.51. The summed E-state index contributed by atoms with van der Waals surface area (Å²) < 4.78 is 11.0. The Morgan fingerprint density at radius 3 is 2.48 bits per heavy atom. The van der Waals surface area contributed by atoms with Crippen molar-refractivity contribution in [2.24, 2.45) is 0 Å². The first-order valence-electron chi connectivity index (χ1n) is 6.29. The van der Waals surface area contributed by atoms with Crippen LogP contribution in [0.2, 0.25) is 0 Å². The van der Waals surface area contributed by atoms with Crippen molar-refractivity contribution in [2.45, 2.75) is 6.92 Å². The molecule has 2 aromatic carbocycles. The number of ether oxygens (including phenoxy) is 2. The lowest BCUT2D eigenvalue weighted by Gasteiger charge is -2.11. The van der Waals surface area contributed by atoms with Gasteiger partial charge in [-0.3, -0.25) is 14.9 Å². The van der Waals surface area contributed by atoms with Crippen LogP contribution in [-0.2, 0) is 0 Å². The molecule has 2 rings (SSSR count). The molecule has 0 N–H and O–H groups in total. The van der Waals surface area contributed by atoms with Crippen LogP contribution in [0.5, 0.6) is 17.2 Å². The maximum Gasteiger partial charge on any atom is 0.312 e. The van der Waals surface area contributed by atoms with Gasteiger partial charge in [0.15, 0.2) is 11.5 Å². The van der Waals surface area contributed by atoms with Gasteiger partial charge in [0.1, 0.15) is 6.29 Å². The molecule has 0 spiro atoms. The first kappa shape index (κ1) is 14.5. The first-order chi connectivity index (χ1) is 10.2. The predicted molar refractivity (Wildman–Crippen MR) is 76.2 cm³/mol. The highest BCUT2D eigenvalue weighted by Crippen LogP contribution is 2.36. The number of carbonyl (C=O) groups is 1. The van der Waals surface area contributed by atoms with Crippen LogP contribution in [0.4, 0.5) is 5.69 Å². The zero-order valence-corrected chi connectivity index (χ0v) is 11.3. The number of benzene rings is 2. The molecular weight excluding hydrogens is 274 g/mol. The van der Waals surface area contributed by atoms with E-state index in [1.54, 1.807) is 24.3 Å². The van der Waals surface area contributed by atoms with Gasteiger partial charge in [-0.25, -0.2) is 0 Å². The summed E-state index contributed by atoms with van der Waals surface area (Å²) in [6.07, 6.45) is 0.547. The molecule has 6 nitrogen and oxygen atoms in total. The van der Waals surface area contributed by atoms with Gasteiger partial charge >= 0.3 is 5.69 Å². The fourth-order valence-electron chi connectivity index (χ4n) is 1.76. The van der Waals surface area contributed by atoms with E-state index in [1.165, 1.54) is 18.2 Å². The molecule has 6 heteroatoms. The third-order valence-electron chi connectivity index (χ3n) is 2.68. The van der Waals surface area contributed by atoms with Crippen molar-refractivity contribution < 1.29 is 19.2 Å². The average molecular weight is 287 g/mol. The maximum atomic E-state index is 11.1. The Balaban J connectivity index is 2.39. The zero-order valence-electron chi connectivity index (χ0n) is 11.3. The molecule has 0 aliphatic rings. The summed E-state index contributed by atoms with van der Waals surface area (Å²) in [6.45, 7) is 2.28. The van der Waals surface area contributed by atoms with E-state index in [-0.39, 0.29) is 17.0 Å². The summed E-state index contributed by atoms with van der Waals surface area (Å²) in [5.41, 5.74) is -0.0574. The lowest BCUT2D eigenvalue weighted by atomic mass is 10.2. The number of nitro groups is 1. The van der Waals surface area contributed by atoms with Crippen LogP contribution in [-0.4, -0.2) is 17.8 Å². The zero-order chi connectivity index (χ0) is 15.2. The summed E-state index contributed by atoms with van der Waals surface area (Å²) >= 11 is 0. The summed E-state index contributed by atoms with van der Waals surface area (Å²) in [4.78, 5) is 21.2. The molecule has 0 aliphatic carbocycles. The van der Waals surface area contributed by atoms with E-state index in [0.29, 0.717) is 24.4 Å². The fraction of sp³-hybridized carbons (Fsp3) is 0.133. The van der Waals surface area contributed by atoms with E-state index >= 15 is 0 Å². The topological polar surface area (TPSA) is 78.7 Å². The van der Waals surface area contributed by atoms with Gasteiger partial charge < -0.3 is 9.47 Å². The molecule has 0 atom stereocenters.